The molecule has 4 heteroatoms. The van der Waals surface area contributed by atoms with Crippen molar-refractivity contribution in [3.63, 3.8) is 0 Å². The van der Waals surface area contributed by atoms with E-state index in [0.29, 0.717) is 12.1 Å². The van der Waals surface area contributed by atoms with Crippen molar-refractivity contribution in [3.05, 3.63) is 41.6 Å². The minimum Gasteiger partial charge on any atom is -0.465 e. The summed E-state index contributed by atoms with van der Waals surface area (Å²) in [6.45, 7) is 0.622. The van der Waals surface area contributed by atoms with Crippen molar-refractivity contribution in [3.8, 4) is 0 Å². The van der Waals surface area contributed by atoms with Gasteiger partial charge in [-0.15, -0.1) is 0 Å². The van der Waals surface area contributed by atoms with E-state index in [9.17, 15) is 4.79 Å². The number of carbonyl (C=O) groups is 1. The zero-order valence-corrected chi connectivity index (χ0v) is 10.3. The molecule has 0 unspecified atom stereocenters. The molecule has 0 aliphatic heterocycles. The van der Waals surface area contributed by atoms with Gasteiger partial charge in [-0.25, -0.2) is 4.79 Å². The van der Waals surface area contributed by atoms with Crippen LogP contribution in [0, 0.1) is 0 Å². The molecule has 0 atom stereocenters. The second-order valence-electron chi connectivity index (χ2n) is 4.09. The Labute approximate surface area is 106 Å². The molecule has 2 N–H and O–H groups in total. The Morgan fingerprint density at radius 2 is 2.28 bits per heavy atom. The number of hydrogen-bond donors (Lipinski definition) is 1. The molecular weight excluding hydrogens is 228 g/mol. The number of nitrogens with two attached hydrogens (primary N) is 1. The lowest BCUT2D eigenvalue weighted by atomic mass is 10.0. The van der Waals surface area contributed by atoms with Gasteiger partial charge in [0, 0.05) is 11.6 Å². The van der Waals surface area contributed by atoms with Crippen LogP contribution in [0.15, 0.2) is 30.5 Å². The second kappa shape index (κ2) is 5.60. The molecule has 0 saturated carbocycles. The molecule has 0 aliphatic carbocycles. The molecule has 1 heterocycles. The van der Waals surface area contributed by atoms with Crippen LogP contribution in [-0.2, 0) is 11.2 Å². The summed E-state index contributed by atoms with van der Waals surface area (Å²) in [5.74, 6) is -0.324. The predicted molar refractivity (Wildman–Crippen MR) is 70.5 cm³/mol. The molecule has 0 amide bonds. The Morgan fingerprint density at radius 3 is 3.00 bits per heavy atom. The second-order valence-corrected chi connectivity index (χ2v) is 4.09. The number of rotatable bonds is 4. The van der Waals surface area contributed by atoms with E-state index in [1.54, 1.807) is 12.3 Å². The Morgan fingerprint density at radius 1 is 1.44 bits per heavy atom. The summed E-state index contributed by atoms with van der Waals surface area (Å²) in [4.78, 5) is 16.0. The number of nitrogens with zero attached hydrogens (tertiary/aromatic N) is 1. The van der Waals surface area contributed by atoms with Crippen LogP contribution in [0.3, 0.4) is 0 Å². The number of benzene rings is 1. The number of pyridine rings is 1. The highest BCUT2D eigenvalue weighted by Crippen LogP contribution is 2.20. The van der Waals surface area contributed by atoms with Gasteiger partial charge in [-0.05, 0) is 43.1 Å². The van der Waals surface area contributed by atoms with E-state index in [0.717, 1.165) is 29.3 Å². The molecule has 1 aromatic heterocycles. The highest BCUT2D eigenvalue weighted by atomic mass is 16.5. The minimum atomic E-state index is -0.324. The fraction of sp³-hybridized carbons (Fsp3) is 0.286. The lowest BCUT2D eigenvalue weighted by Gasteiger charge is -2.08. The first-order valence-corrected chi connectivity index (χ1v) is 5.92. The van der Waals surface area contributed by atoms with Gasteiger partial charge in [-0.2, -0.15) is 0 Å². The van der Waals surface area contributed by atoms with Crippen molar-refractivity contribution >= 4 is 16.9 Å². The molecule has 0 radical (unpaired) electrons. The van der Waals surface area contributed by atoms with Crippen LogP contribution in [0.5, 0.6) is 0 Å². The predicted octanol–water partition coefficient (Wildman–Crippen LogP) is 1.91. The van der Waals surface area contributed by atoms with E-state index < -0.39 is 0 Å². The number of aromatic nitrogens is 1. The maximum absolute atomic E-state index is 11.6. The van der Waals surface area contributed by atoms with Crippen LogP contribution in [0.4, 0.5) is 0 Å². The smallest absolute Gasteiger partial charge is 0.337 e. The van der Waals surface area contributed by atoms with Gasteiger partial charge in [0.2, 0.25) is 0 Å². The zero-order chi connectivity index (χ0) is 13.0. The first-order valence-electron chi connectivity index (χ1n) is 5.92. The summed E-state index contributed by atoms with van der Waals surface area (Å²) in [7, 11) is 1.38. The van der Waals surface area contributed by atoms with Crippen LogP contribution in [0.1, 0.15) is 22.3 Å². The van der Waals surface area contributed by atoms with Crippen LogP contribution < -0.4 is 5.73 Å². The lowest BCUT2D eigenvalue weighted by molar-refractivity contribution is 0.0601. The lowest BCUT2D eigenvalue weighted by Crippen LogP contribution is -2.05. The van der Waals surface area contributed by atoms with Crippen molar-refractivity contribution in [2.45, 2.75) is 12.8 Å². The normalized spacial score (nSPS) is 10.6. The Hall–Kier alpha value is -1.94. The summed E-state index contributed by atoms with van der Waals surface area (Å²) >= 11 is 0. The highest BCUT2D eigenvalue weighted by molar-refractivity contribution is 5.95. The maximum atomic E-state index is 11.6. The van der Waals surface area contributed by atoms with Gasteiger partial charge in [0.1, 0.15) is 0 Å². The summed E-state index contributed by atoms with van der Waals surface area (Å²) in [5, 5.41) is 0.951. The van der Waals surface area contributed by atoms with E-state index in [-0.39, 0.29) is 5.97 Å². The SMILES string of the molecule is COC(=O)c1cc(CCCN)c2ncccc2c1. The third-order valence-corrected chi connectivity index (χ3v) is 2.86. The van der Waals surface area contributed by atoms with Crippen LogP contribution in [0.25, 0.3) is 10.9 Å². The number of ether oxygens (including phenoxy) is 1. The first-order chi connectivity index (χ1) is 8.76. The van der Waals surface area contributed by atoms with Crippen molar-refractivity contribution in [2.24, 2.45) is 5.73 Å². The van der Waals surface area contributed by atoms with Gasteiger partial charge >= 0.3 is 5.97 Å². The minimum absolute atomic E-state index is 0.324. The van der Waals surface area contributed by atoms with Gasteiger partial charge in [0.05, 0.1) is 18.2 Å². The number of methoxy groups -OCH3 is 1. The molecule has 2 aromatic rings. The molecule has 2 rings (SSSR count). The van der Waals surface area contributed by atoms with E-state index in [4.69, 9.17) is 10.5 Å². The number of fused-ring (bicyclic) bond motifs is 1. The van der Waals surface area contributed by atoms with Crippen LogP contribution in [0.2, 0.25) is 0 Å². The average molecular weight is 244 g/mol. The topological polar surface area (TPSA) is 65.2 Å². The van der Waals surface area contributed by atoms with Crippen molar-refractivity contribution in [2.75, 3.05) is 13.7 Å². The summed E-state index contributed by atoms with van der Waals surface area (Å²) in [6.07, 6.45) is 3.44. The molecule has 0 fully saturated rings. The Kier molecular flexibility index (Phi) is 3.89. The molecule has 0 spiro atoms. The van der Waals surface area contributed by atoms with Gasteiger partial charge in [-0.1, -0.05) is 6.07 Å². The third-order valence-electron chi connectivity index (χ3n) is 2.86. The summed E-state index contributed by atoms with van der Waals surface area (Å²) < 4.78 is 4.76. The quantitative estimate of drug-likeness (QED) is 0.834. The summed E-state index contributed by atoms with van der Waals surface area (Å²) in [6, 6.07) is 7.45. The monoisotopic (exact) mass is 244 g/mol. The van der Waals surface area contributed by atoms with Gasteiger partial charge in [-0.3, -0.25) is 4.98 Å². The Bertz CT molecular complexity index is 567. The standard InChI is InChI=1S/C14H16N2O2/c1-18-14(17)12-8-10(4-2-6-15)13-11(9-12)5-3-7-16-13/h3,5,7-9H,2,4,6,15H2,1H3. The average Bonchev–Trinajstić information content (AvgIpc) is 2.43. The molecular formula is C14H16N2O2. The molecule has 18 heavy (non-hydrogen) atoms. The van der Waals surface area contributed by atoms with Gasteiger partial charge in [0.15, 0.2) is 0 Å². The number of carbonyl (C=O) groups excluding carboxylic acids is 1. The van der Waals surface area contributed by atoms with Gasteiger partial charge in [0.25, 0.3) is 0 Å². The van der Waals surface area contributed by atoms with E-state index in [1.807, 2.05) is 18.2 Å². The van der Waals surface area contributed by atoms with Crippen molar-refractivity contribution in [1.29, 1.82) is 0 Å². The molecule has 1 aromatic carbocycles. The van der Waals surface area contributed by atoms with Crippen molar-refractivity contribution in [1.82, 2.24) is 4.98 Å². The fourth-order valence-corrected chi connectivity index (χ4v) is 1.99. The van der Waals surface area contributed by atoms with E-state index >= 15 is 0 Å². The Balaban J connectivity index is 2.53. The molecule has 0 aliphatic rings. The van der Waals surface area contributed by atoms with Crippen LogP contribution >= 0.6 is 0 Å². The number of hydrogen-bond acceptors (Lipinski definition) is 4. The maximum Gasteiger partial charge on any atom is 0.337 e. The number of esters is 1. The zero-order valence-electron chi connectivity index (χ0n) is 10.3. The van der Waals surface area contributed by atoms with E-state index in [1.165, 1.54) is 7.11 Å². The molecule has 0 bridgehead atoms. The number of aryl methyl sites for hydroxylation is 1. The first kappa shape index (κ1) is 12.5. The fourth-order valence-electron chi connectivity index (χ4n) is 1.99. The molecule has 4 nitrogen and oxygen atoms in total. The summed E-state index contributed by atoms with van der Waals surface area (Å²) in [5.41, 5.74) is 8.06. The molecule has 94 valence electrons. The highest BCUT2D eigenvalue weighted by Gasteiger charge is 2.10. The largest absolute Gasteiger partial charge is 0.465 e. The molecule has 0 saturated heterocycles. The third kappa shape index (κ3) is 2.49. The van der Waals surface area contributed by atoms with Crippen LogP contribution in [-0.4, -0.2) is 24.6 Å². The van der Waals surface area contributed by atoms with Gasteiger partial charge < -0.3 is 10.5 Å². The van der Waals surface area contributed by atoms with Crippen molar-refractivity contribution < 1.29 is 9.53 Å². The van der Waals surface area contributed by atoms with E-state index in [2.05, 4.69) is 4.98 Å².